The number of nitrogens with two attached hydrogens (primary N) is 1. The molecule has 0 amide bonds. The Hall–Kier alpha value is -0.450. The van der Waals surface area contributed by atoms with Crippen molar-refractivity contribution in [1.82, 2.24) is 4.98 Å². The highest BCUT2D eigenvalue weighted by Gasteiger charge is 2.50. The van der Waals surface area contributed by atoms with Crippen molar-refractivity contribution in [2.45, 2.75) is 50.4 Å². The molecule has 3 nitrogen and oxygen atoms in total. The summed E-state index contributed by atoms with van der Waals surface area (Å²) in [6.07, 6.45) is 4.89. The lowest BCUT2D eigenvalue weighted by Gasteiger charge is -2.30. The monoisotopic (exact) mass is 224 g/mol. The topological polar surface area (TPSA) is 48.1 Å². The van der Waals surface area contributed by atoms with Gasteiger partial charge in [-0.3, -0.25) is 0 Å². The van der Waals surface area contributed by atoms with Crippen LogP contribution < -0.4 is 5.73 Å². The maximum atomic E-state index is 6.43. The van der Waals surface area contributed by atoms with Crippen LogP contribution in [0.1, 0.15) is 30.0 Å². The molecule has 82 valence electrons. The minimum absolute atomic E-state index is 0.149. The molecule has 15 heavy (non-hydrogen) atoms. The van der Waals surface area contributed by atoms with Gasteiger partial charge < -0.3 is 10.5 Å². The zero-order valence-corrected chi connectivity index (χ0v) is 9.72. The second kappa shape index (κ2) is 3.27. The number of hydrogen-bond donors (Lipinski definition) is 1. The Morgan fingerprint density at radius 3 is 3.07 bits per heavy atom. The summed E-state index contributed by atoms with van der Waals surface area (Å²) >= 11 is 1.70. The molecule has 0 radical (unpaired) electrons. The summed E-state index contributed by atoms with van der Waals surface area (Å²) in [5.74, 6) is 0. The summed E-state index contributed by atoms with van der Waals surface area (Å²) in [7, 11) is 0. The first-order valence-electron chi connectivity index (χ1n) is 5.51. The van der Waals surface area contributed by atoms with Gasteiger partial charge in [-0.25, -0.2) is 4.98 Å². The maximum absolute atomic E-state index is 6.43. The number of rotatable bonds is 2. The largest absolute Gasteiger partial charge is 0.373 e. The summed E-state index contributed by atoms with van der Waals surface area (Å²) in [5.41, 5.74) is 7.41. The van der Waals surface area contributed by atoms with Gasteiger partial charge in [0.05, 0.1) is 28.4 Å². The lowest BCUT2D eigenvalue weighted by atomic mass is 9.79. The zero-order valence-electron chi connectivity index (χ0n) is 8.90. The van der Waals surface area contributed by atoms with Crippen molar-refractivity contribution in [2.24, 2.45) is 5.73 Å². The van der Waals surface area contributed by atoms with Crippen molar-refractivity contribution in [2.75, 3.05) is 0 Å². The first-order valence-corrected chi connectivity index (χ1v) is 6.39. The van der Waals surface area contributed by atoms with Crippen LogP contribution in [0, 0.1) is 6.92 Å². The van der Waals surface area contributed by atoms with Gasteiger partial charge in [-0.1, -0.05) is 0 Å². The van der Waals surface area contributed by atoms with Crippen molar-refractivity contribution in [3.63, 3.8) is 0 Å². The van der Waals surface area contributed by atoms with E-state index in [0.29, 0.717) is 6.10 Å². The first-order chi connectivity index (χ1) is 7.16. The summed E-state index contributed by atoms with van der Waals surface area (Å²) in [4.78, 5) is 4.49. The van der Waals surface area contributed by atoms with Gasteiger partial charge in [-0.2, -0.15) is 0 Å². The van der Waals surface area contributed by atoms with Crippen LogP contribution in [-0.4, -0.2) is 22.7 Å². The third kappa shape index (κ3) is 1.61. The van der Waals surface area contributed by atoms with Crippen LogP contribution in [0.3, 0.4) is 0 Å². The Labute approximate surface area is 93.7 Å². The lowest BCUT2D eigenvalue weighted by Crippen LogP contribution is -2.50. The van der Waals surface area contributed by atoms with E-state index in [2.05, 4.69) is 10.4 Å². The van der Waals surface area contributed by atoms with Gasteiger partial charge in [0.1, 0.15) is 0 Å². The highest BCUT2D eigenvalue weighted by molar-refractivity contribution is 7.09. The summed E-state index contributed by atoms with van der Waals surface area (Å²) in [6, 6.07) is 0. The summed E-state index contributed by atoms with van der Waals surface area (Å²) < 4.78 is 5.82. The molecule has 2 aliphatic rings. The fourth-order valence-electron chi connectivity index (χ4n) is 2.85. The van der Waals surface area contributed by atoms with Crippen molar-refractivity contribution in [3.8, 4) is 0 Å². The summed E-state index contributed by atoms with van der Waals surface area (Å²) in [5, 5.41) is 3.24. The van der Waals surface area contributed by atoms with E-state index in [-0.39, 0.29) is 11.6 Å². The van der Waals surface area contributed by atoms with Gasteiger partial charge in [0.15, 0.2) is 0 Å². The maximum Gasteiger partial charge on any atom is 0.0897 e. The van der Waals surface area contributed by atoms with Gasteiger partial charge >= 0.3 is 0 Å². The molecule has 2 saturated heterocycles. The zero-order chi connectivity index (χ0) is 10.5. The summed E-state index contributed by atoms with van der Waals surface area (Å²) in [6.45, 7) is 2.04. The van der Waals surface area contributed by atoms with Crippen molar-refractivity contribution in [1.29, 1.82) is 0 Å². The van der Waals surface area contributed by atoms with Gasteiger partial charge in [0, 0.05) is 11.8 Å². The van der Waals surface area contributed by atoms with E-state index in [0.717, 1.165) is 30.0 Å². The average Bonchev–Trinajstić information content (AvgIpc) is 2.81. The van der Waals surface area contributed by atoms with Gasteiger partial charge in [-0.15, -0.1) is 11.3 Å². The quantitative estimate of drug-likeness (QED) is 0.831. The van der Waals surface area contributed by atoms with Crippen LogP contribution in [0.15, 0.2) is 5.38 Å². The molecule has 4 heteroatoms. The molecule has 1 aromatic rings. The number of ether oxygens (including phenoxy) is 1. The van der Waals surface area contributed by atoms with Crippen LogP contribution in [-0.2, 0) is 11.2 Å². The number of fused-ring (bicyclic) bond motifs is 2. The number of nitrogens with zero attached hydrogens (tertiary/aromatic N) is 1. The molecule has 0 spiro atoms. The van der Waals surface area contributed by atoms with Crippen LogP contribution in [0.2, 0.25) is 0 Å². The molecular formula is C11H16N2OS. The molecule has 3 rings (SSSR count). The molecule has 0 aromatic carbocycles. The number of thiazole rings is 1. The van der Waals surface area contributed by atoms with Crippen LogP contribution in [0.5, 0.6) is 0 Å². The number of aryl methyl sites for hydroxylation is 1. The fourth-order valence-corrected chi connectivity index (χ4v) is 3.46. The van der Waals surface area contributed by atoms with Gasteiger partial charge in [-0.05, 0) is 26.2 Å². The molecule has 3 heterocycles. The van der Waals surface area contributed by atoms with Crippen LogP contribution >= 0.6 is 11.3 Å². The molecule has 3 unspecified atom stereocenters. The highest BCUT2D eigenvalue weighted by Crippen LogP contribution is 2.41. The molecule has 0 saturated carbocycles. The third-order valence-electron chi connectivity index (χ3n) is 3.53. The predicted molar refractivity (Wildman–Crippen MR) is 60.0 cm³/mol. The second-order valence-corrected chi connectivity index (χ2v) is 5.86. The number of hydrogen-bond acceptors (Lipinski definition) is 4. The van der Waals surface area contributed by atoms with E-state index in [1.165, 1.54) is 6.42 Å². The van der Waals surface area contributed by atoms with E-state index >= 15 is 0 Å². The molecule has 2 aliphatic heterocycles. The minimum atomic E-state index is -0.149. The van der Waals surface area contributed by atoms with E-state index in [4.69, 9.17) is 10.5 Å². The molecule has 2 N–H and O–H groups in total. The Morgan fingerprint density at radius 2 is 2.53 bits per heavy atom. The Balaban J connectivity index is 1.77. The van der Waals surface area contributed by atoms with Crippen LogP contribution in [0.25, 0.3) is 0 Å². The van der Waals surface area contributed by atoms with Crippen molar-refractivity contribution >= 4 is 11.3 Å². The van der Waals surface area contributed by atoms with E-state index in [1.807, 2.05) is 6.92 Å². The van der Waals surface area contributed by atoms with Crippen molar-refractivity contribution in [3.05, 3.63) is 16.1 Å². The highest BCUT2D eigenvalue weighted by atomic mass is 32.1. The van der Waals surface area contributed by atoms with E-state index in [1.54, 1.807) is 11.3 Å². The predicted octanol–water partition coefficient (Wildman–Crippen LogP) is 1.64. The molecule has 2 fully saturated rings. The standard InChI is InChI=1S/C11H16N2OS/c1-7-13-8(6-15-7)4-11(12)5-9-2-3-10(11)14-9/h6,9-10H,2-5,12H2,1H3. The van der Waals surface area contributed by atoms with Crippen molar-refractivity contribution < 1.29 is 4.74 Å². The first kappa shape index (κ1) is 9.75. The Morgan fingerprint density at radius 1 is 1.67 bits per heavy atom. The molecular weight excluding hydrogens is 208 g/mol. The minimum Gasteiger partial charge on any atom is -0.373 e. The van der Waals surface area contributed by atoms with Crippen LogP contribution in [0.4, 0.5) is 0 Å². The molecule has 0 aliphatic carbocycles. The number of aromatic nitrogens is 1. The van der Waals surface area contributed by atoms with E-state index < -0.39 is 0 Å². The molecule has 1 aromatic heterocycles. The second-order valence-electron chi connectivity index (χ2n) is 4.80. The van der Waals surface area contributed by atoms with E-state index in [9.17, 15) is 0 Å². The Kier molecular flexibility index (Phi) is 2.13. The van der Waals surface area contributed by atoms with Gasteiger partial charge in [0.25, 0.3) is 0 Å². The lowest BCUT2D eigenvalue weighted by molar-refractivity contribution is 0.0855. The fraction of sp³-hybridized carbons (Fsp3) is 0.727. The average molecular weight is 224 g/mol. The smallest absolute Gasteiger partial charge is 0.0897 e. The Bertz CT molecular complexity index is 378. The SMILES string of the molecule is Cc1nc(CC2(N)CC3CCC2O3)cs1. The third-order valence-corrected chi connectivity index (χ3v) is 4.36. The molecule has 3 atom stereocenters. The normalized spacial score (nSPS) is 38.8. The molecule has 2 bridgehead atoms. The van der Waals surface area contributed by atoms with Gasteiger partial charge in [0.2, 0.25) is 0 Å².